The van der Waals surface area contributed by atoms with Gasteiger partial charge in [0.25, 0.3) is 5.56 Å². The molecule has 0 unspecified atom stereocenters. The molecule has 3 aromatic rings. The van der Waals surface area contributed by atoms with Crippen molar-refractivity contribution in [1.29, 1.82) is 0 Å². The summed E-state index contributed by atoms with van der Waals surface area (Å²) in [7, 11) is 0. The molecular formula is C19H15Cl2N3O2. The van der Waals surface area contributed by atoms with E-state index in [0.29, 0.717) is 21.4 Å². The summed E-state index contributed by atoms with van der Waals surface area (Å²) >= 11 is 11.9. The van der Waals surface area contributed by atoms with Gasteiger partial charge in [0.05, 0.1) is 12.0 Å². The number of carbonyl (C=O) groups is 1. The lowest BCUT2D eigenvalue weighted by molar-refractivity contribution is -0.116. The molecule has 0 saturated carbocycles. The van der Waals surface area contributed by atoms with Crippen LogP contribution >= 0.6 is 23.2 Å². The summed E-state index contributed by atoms with van der Waals surface area (Å²) in [4.78, 5) is 28.7. The molecular weight excluding hydrogens is 373 g/mol. The lowest BCUT2D eigenvalue weighted by atomic mass is 10.1. The molecule has 0 spiro atoms. The van der Waals surface area contributed by atoms with Crippen molar-refractivity contribution in [3.05, 3.63) is 80.8 Å². The standard InChI is InChI=1S/C19H15Cl2N3O2/c1-12-2-7-15(8-16(12)21)23-18(25)10-24-11-22-17(9-19(24)26)13-3-5-14(20)6-4-13/h2-9,11H,10H2,1H3,(H,23,25). The number of nitrogens with one attached hydrogen (secondary N) is 1. The van der Waals surface area contributed by atoms with Crippen LogP contribution in [-0.4, -0.2) is 15.5 Å². The molecule has 5 nitrogen and oxygen atoms in total. The van der Waals surface area contributed by atoms with E-state index in [-0.39, 0.29) is 18.0 Å². The highest BCUT2D eigenvalue weighted by Crippen LogP contribution is 2.20. The molecule has 0 saturated heterocycles. The smallest absolute Gasteiger partial charge is 0.254 e. The number of halogens is 2. The Bertz CT molecular complexity index is 1010. The fourth-order valence-corrected chi connectivity index (χ4v) is 2.66. The van der Waals surface area contributed by atoms with Crippen LogP contribution in [0.4, 0.5) is 5.69 Å². The Kier molecular flexibility index (Phi) is 5.40. The number of aromatic nitrogens is 2. The SMILES string of the molecule is Cc1ccc(NC(=O)Cn2cnc(-c3ccc(Cl)cc3)cc2=O)cc1Cl. The van der Waals surface area contributed by atoms with Crippen LogP contribution in [0.25, 0.3) is 11.3 Å². The van der Waals surface area contributed by atoms with Gasteiger partial charge in [0.15, 0.2) is 0 Å². The summed E-state index contributed by atoms with van der Waals surface area (Å²) in [6, 6.07) is 13.6. The predicted octanol–water partition coefficient (Wildman–Crippen LogP) is 4.16. The number of nitrogens with zero attached hydrogens (tertiary/aromatic N) is 2. The Morgan fingerprint density at radius 2 is 1.85 bits per heavy atom. The molecule has 0 radical (unpaired) electrons. The van der Waals surface area contributed by atoms with E-state index < -0.39 is 0 Å². The zero-order valence-corrected chi connectivity index (χ0v) is 15.4. The average molecular weight is 388 g/mol. The van der Waals surface area contributed by atoms with Gasteiger partial charge in [0.1, 0.15) is 6.54 Å². The van der Waals surface area contributed by atoms with Gasteiger partial charge in [0, 0.05) is 27.4 Å². The molecule has 0 fully saturated rings. The van der Waals surface area contributed by atoms with Crippen LogP contribution in [0.15, 0.2) is 59.7 Å². The molecule has 1 N–H and O–H groups in total. The summed E-state index contributed by atoms with van der Waals surface area (Å²) in [5.41, 5.74) is 2.47. The van der Waals surface area contributed by atoms with E-state index in [4.69, 9.17) is 23.2 Å². The molecule has 0 bridgehead atoms. The van der Waals surface area contributed by atoms with Crippen LogP contribution in [-0.2, 0) is 11.3 Å². The second-order valence-corrected chi connectivity index (χ2v) is 6.60. The molecule has 0 aliphatic carbocycles. The van der Waals surface area contributed by atoms with Gasteiger partial charge in [-0.3, -0.25) is 14.2 Å². The van der Waals surface area contributed by atoms with Crippen molar-refractivity contribution >= 4 is 34.8 Å². The Morgan fingerprint density at radius 1 is 1.12 bits per heavy atom. The Hall–Kier alpha value is -2.63. The van der Waals surface area contributed by atoms with E-state index in [0.717, 1.165) is 11.1 Å². The van der Waals surface area contributed by atoms with E-state index in [1.54, 1.807) is 36.4 Å². The highest BCUT2D eigenvalue weighted by molar-refractivity contribution is 6.31. The second-order valence-electron chi connectivity index (χ2n) is 5.76. The van der Waals surface area contributed by atoms with Crippen molar-refractivity contribution in [2.45, 2.75) is 13.5 Å². The van der Waals surface area contributed by atoms with Gasteiger partial charge in [-0.05, 0) is 36.8 Å². The molecule has 1 aromatic heterocycles. The Morgan fingerprint density at radius 3 is 2.50 bits per heavy atom. The number of aryl methyl sites for hydroxylation is 1. The van der Waals surface area contributed by atoms with E-state index in [2.05, 4.69) is 10.3 Å². The molecule has 132 valence electrons. The minimum absolute atomic E-state index is 0.141. The third kappa shape index (κ3) is 4.31. The van der Waals surface area contributed by atoms with Crippen molar-refractivity contribution in [2.75, 3.05) is 5.32 Å². The number of hydrogen-bond acceptors (Lipinski definition) is 3. The van der Waals surface area contributed by atoms with Crippen molar-refractivity contribution in [2.24, 2.45) is 0 Å². The van der Waals surface area contributed by atoms with E-state index >= 15 is 0 Å². The van der Waals surface area contributed by atoms with Crippen LogP contribution in [0.3, 0.4) is 0 Å². The number of rotatable bonds is 4. The maximum atomic E-state index is 12.3. The van der Waals surface area contributed by atoms with Crippen LogP contribution in [0, 0.1) is 6.92 Å². The summed E-state index contributed by atoms with van der Waals surface area (Å²) in [6.07, 6.45) is 1.36. The fourth-order valence-electron chi connectivity index (χ4n) is 2.35. The lowest BCUT2D eigenvalue weighted by Gasteiger charge is -2.09. The average Bonchev–Trinajstić information content (AvgIpc) is 2.60. The molecule has 3 rings (SSSR count). The fraction of sp³-hybridized carbons (Fsp3) is 0.105. The van der Waals surface area contributed by atoms with Crippen LogP contribution in [0.2, 0.25) is 10.0 Å². The predicted molar refractivity (Wildman–Crippen MR) is 104 cm³/mol. The quantitative estimate of drug-likeness (QED) is 0.730. The van der Waals surface area contributed by atoms with Crippen molar-refractivity contribution in [3.8, 4) is 11.3 Å². The Labute approximate surface area is 160 Å². The van der Waals surface area contributed by atoms with Gasteiger partial charge in [0.2, 0.25) is 5.91 Å². The van der Waals surface area contributed by atoms with Gasteiger partial charge in [-0.15, -0.1) is 0 Å². The molecule has 7 heteroatoms. The summed E-state index contributed by atoms with van der Waals surface area (Å²) in [6.45, 7) is 1.74. The summed E-state index contributed by atoms with van der Waals surface area (Å²) in [5, 5.41) is 3.88. The van der Waals surface area contributed by atoms with Crippen molar-refractivity contribution < 1.29 is 4.79 Å². The first-order valence-corrected chi connectivity index (χ1v) is 8.56. The van der Waals surface area contributed by atoms with Gasteiger partial charge >= 0.3 is 0 Å². The van der Waals surface area contributed by atoms with Crippen LogP contribution in [0.1, 0.15) is 5.56 Å². The first-order valence-electron chi connectivity index (χ1n) is 7.81. The molecule has 1 amide bonds. The monoisotopic (exact) mass is 387 g/mol. The minimum atomic E-state index is -0.340. The maximum Gasteiger partial charge on any atom is 0.254 e. The van der Waals surface area contributed by atoms with Gasteiger partial charge in [-0.2, -0.15) is 0 Å². The molecule has 0 aliphatic rings. The highest BCUT2D eigenvalue weighted by Gasteiger charge is 2.08. The van der Waals surface area contributed by atoms with Gasteiger partial charge < -0.3 is 5.32 Å². The Balaban J connectivity index is 1.73. The third-order valence-electron chi connectivity index (χ3n) is 3.79. The molecule has 0 aliphatic heterocycles. The zero-order chi connectivity index (χ0) is 18.7. The van der Waals surface area contributed by atoms with E-state index in [9.17, 15) is 9.59 Å². The molecule has 26 heavy (non-hydrogen) atoms. The zero-order valence-electron chi connectivity index (χ0n) is 13.9. The summed E-state index contributed by atoms with van der Waals surface area (Å²) < 4.78 is 1.24. The number of hydrogen-bond donors (Lipinski definition) is 1. The minimum Gasteiger partial charge on any atom is -0.324 e. The van der Waals surface area contributed by atoms with Crippen LogP contribution < -0.4 is 10.9 Å². The van der Waals surface area contributed by atoms with Crippen LogP contribution in [0.5, 0.6) is 0 Å². The first kappa shape index (κ1) is 18.2. The van der Waals surface area contributed by atoms with Crippen molar-refractivity contribution in [3.63, 3.8) is 0 Å². The number of anilines is 1. The largest absolute Gasteiger partial charge is 0.324 e. The summed E-state index contributed by atoms with van der Waals surface area (Å²) in [5.74, 6) is -0.340. The molecule has 0 atom stereocenters. The number of carbonyl (C=O) groups excluding carboxylic acids is 1. The topological polar surface area (TPSA) is 64.0 Å². The van der Waals surface area contributed by atoms with Gasteiger partial charge in [-0.25, -0.2) is 4.98 Å². The van der Waals surface area contributed by atoms with Gasteiger partial charge in [-0.1, -0.05) is 41.4 Å². The number of benzene rings is 2. The van der Waals surface area contributed by atoms with Crippen molar-refractivity contribution in [1.82, 2.24) is 9.55 Å². The molecule has 2 aromatic carbocycles. The second kappa shape index (κ2) is 7.72. The highest BCUT2D eigenvalue weighted by atomic mass is 35.5. The maximum absolute atomic E-state index is 12.3. The normalized spacial score (nSPS) is 10.6. The number of amides is 1. The van der Waals surface area contributed by atoms with E-state index in [1.165, 1.54) is 17.0 Å². The lowest BCUT2D eigenvalue weighted by Crippen LogP contribution is -2.27. The first-order chi connectivity index (χ1) is 12.4. The third-order valence-corrected chi connectivity index (χ3v) is 4.45. The van der Waals surface area contributed by atoms with E-state index in [1.807, 2.05) is 13.0 Å². The molecule has 1 heterocycles.